The Labute approximate surface area is 123 Å². The summed E-state index contributed by atoms with van der Waals surface area (Å²) in [6, 6.07) is 7.39. The van der Waals surface area contributed by atoms with Crippen LogP contribution in [0.1, 0.15) is 30.7 Å². The fourth-order valence-corrected chi connectivity index (χ4v) is 2.15. The summed E-state index contributed by atoms with van der Waals surface area (Å²) in [6.07, 6.45) is 1.72. The van der Waals surface area contributed by atoms with Crippen molar-refractivity contribution in [1.29, 1.82) is 0 Å². The molecule has 0 radical (unpaired) electrons. The van der Waals surface area contributed by atoms with Gasteiger partial charge in [0.1, 0.15) is 0 Å². The van der Waals surface area contributed by atoms with E-state index in [1.165, 1.54) is 0 Å². The minimum atomic E-state index is -0.636. The highest BCUT2D eigenvalue weighted by atomic mass is 35.5. The number of nitrogens with one attached hydrogen (secondary N) is 2. The van der Waals surface area contributed by atoms with Gasteiger partial charge in [-0.05, 0) is 38.5 Å². The summed E-state index contributed by atoms with van der Waals surface area (Å²) < 4.78 is 0. The smallest absolute Gasteiger partial charge is 0.230 e. The first kappa shape index (κ1) is 14.6. The maximum atomic E-state index is 12.4. The summed E-state index contributed by atoms with van der Waals surface area (Å²) in [5.74, 6) is -0.0413. The molecule has 106 valence electrons. The fourth-order valence-electron chi connectivity index (χ4n) is 1.96. The molecule has 2 rings (SSSR count). The molecule has 4 nitrogen and oxygen atoms in total. The van der Waals surface area contributed by atoms with Gasteiger partial charge in [0.2, 0.25) is 5.91 Å². The molecule has 1 heterocycles. The minimum Gasteiger partial charge on any atom is -0.351 e. The maximum Gasteiger partial charge on any atom is 0.230 e. The molecule has 2 aromatic rings. The van der Waals surface area contributed by atoms with Crippen LogP contribution in [0.15, 0.2) is 30.5 Å². The largest absolute Gasteiger partial charge is 0.351 e. The van der Waals surface area contributed by atoms with Gasteiger partial charge in [-0.2, -0.15) is 5.10 Å². The van der Waals surface area contributed by atoms with Crippen molar-refractivity contribution >= 4 is 17.5 Å². The van der Waals surface area contributed by atoms with Gasteiger partial charge < -0.3 is 5.32 Å². The van der Waals surface area contributed by atoms with E-state index in [0.29, 0.717) is 11.6 Å². The molecule has 20 heavy (non-hydrogen) atoms. The van der Waals surface area contributed by atoms with Crippen molar-refractivity contribution < 1.29 is 4.79 Å². The molecule has 0 aliphatic rings. The van der Waals surface area contributed by atoms with E-state index in [1.54, 1.807) is 12.3 Å². The Morgan fingerprint density at radius 1 is 1.45 bits per heavy atom. The number of rotatable bonds is 4. The lowest BCUT2D eigenvalue weighted by Crippen LogP contribution is -2.39. The predicted molar refractivity (Wildman–Crippen MR) is 79.6 cm³/mol. The summed E-state index contributed by atoms with van der Waals surface area (Å²) >= 11 is 5.99. The van der Waals surface area contributed by atoms with Crippen molar-refractivity contribution in [2.75, 3.05) is 0 Å². The molecule has 2 N–H and O–H groups in total. The monoisotopic (exact) mass is 291 g/mol. The molecule has 0 fully saturated rings. The average molecular weight is 292 g/mol. The van der Waals surface area contributed by atoms with Gasteiger partial charge in [0.05, 0.1) is 11.6 Å². The number of hydrogen-bond donors (Lipinski definition) is 2. The number of nitrogens with zero attached hydrogens (tertiary/aromatic N) is 1. The van der Waals surface area contributed by atoms with Gasteiger partial charge >= 0.3 is 0 Å². The molecular formula is C15H18ClN3O. The van der Waals surface area contributed by atoms with Gasteiger partial charge in [-0.3, -0.25) is 9.89 Å². The third kappa shape index (κ3) is 3.02. The van der Waals surface area contributed by atoms with Gasteiger partial charge in [-0.1, -0.05) is 23.7 Å². The fraction of sp³-hybridized carbons (Fsp3) is 0.333. The van der Waals surface area contributed by atoms with E-state index in [9.17, 15) is 4.79 Å². The number of amides is 1. The quantitative estimate of drug-likeness (QED) is 0.910. The summed E-state index contributed by atoms with van der Waals surface area (Å²) in [5, 5.41) is 10.4. The van der Waals surface area contributed by atoms with Crippen LogP contribution < -0.4 is 5.32 Å². The number of carbonyl (C=O) groups is 1. The van der Waals surface area contributed by atoms with E-state index in [2.05, 4.69) is 15.5 Å². The second kappa shape index (κ2) is 5.67. The third-order valence-electron chi connectivity index (χ3n) is 3.49. The third-order valence-corrected chi connectivity index (χ3v) is 3.72. The van der Waals surface area contributed by atoms with E-state index in [4.69, 9.17) is 11.6 Å². The van der Waals surface area contributed by atoms with Crippen LogP contribution in [0.2, 0.25) is 5.02 Å². The Morgan fingerprint density at radius 2 is 2.20 bits per heavy atom. The molecule has 1 amide bonds. The lowest BCUT2D eigenvalue weighted by atomic mass is 9.83. The van der Waals surface area contributed by atoms with Crippen molar-refractivity contribution in [3.8, 4) is 0 Å². The first-order valence-electron chi connectivity index (χ1n) is 6.44. The molecule has 1 aromatic heterocycles. The lowest BCUT2D eigenvalue weighted by molar-refractivity contribution is -0.125. The van der Waals surface area contributed by atoms with Crippen LogP contribution in [-0.4, -0.2) is 16.1 Å². The molecule has 1 aromatic carbocycles. The van der Waals surface area contributed by atoms with Crippen LogP contribution in [0.4, 0.5) is 0 Å². The van der Waals surface area contributed by atoms with Gasteiger partial charge in [0.25, 0.3) is 0 Å². The number of H-pyrrole nitrogens is 1. The summed E-state index contributed by atoms with van der Waals surface area (Å²) in [7, 11) is 0. The standard InChI is InChI=1S/C15H18ClN3O/c1-10-11(9-18-19-10)8-17-14(20)15(2,3)12-5-4-6-13(16)7-12/h4-7,9H,8H2,1-3H3,(H,17,20)(H,18,19). The molecule has 0 aliphatic heterocycles. The second-order valence-electron chi connectivity index (χ2n) is 5.34. The Balaban J connectivity index is 2.09. The lowest BCUT2D eigenvalue weighted by Gasteiger charge is -2.24. The number of aromatic amines is 1. The van der Waals surface area contributed by atoms with Crippen molar-refractivity contribution in [2.24, 2.45) is 0 Å². The second-order valence-corrected chi connectivity index (χ2v) is 5.77. The van der Waals surface area contributed by atoms with Gasteiger partial charge in [0, 0.05) is 22.8 Å². The molecule has 0 saturated carbocycles. The first-order chi connectivity index (χ1) is 9.41. The van der Waals surface area contributed by atoms with Crippen LogP contribution in [0.3, 0.4) is 0 Å². The Morgan fingerprint density at radius 3 is 2.80 bits per heavy atom. The topological polar surface area (TPSA) is 57.8 Å². The van der Waals surface area contributed by atoms with E-state index >= 15 is 0 Å². The highest BCUT2D eigenvalue weighted by Crippen LogP contribution is 2.25. The number of hydrogen-bond acceptors (Lipinski definition) is 2. The number of benzene rings is 1. The predicted octanol–water partition coefficient (Wildman–Crippen LogP) is 2.97. The summed E-state index contributed by atoms with van der Waals surface area (Å²) in [5.41, 5.74) is 2.21. The highest BCUT2D eigenvalue weighted by molar-refractivity contribution is 6.30. The molecule has 0 atom stereocenters. The van der Waals surface area contributed by atoms with Gasteiger partial charge in [0.15, 0.2) is 0 Å². The SMILES string of the molecule is Cc1[nH]ncc1CNC(=O)C(C)(C)c1cccc(Cl)c1. The Kier molecular flexibility index (Phi) is 4.14. The van der Waals surface area contributed by atoms with Crippen LogP contribution >= 0.6 is 11.6 Å². The zero-order valence-electron chi connectivity index (χ0n) is 11.8. The first-order valence-corrected chi connectivity index (χ1v) is 6.82. The van der Waals surface area contributed by atoms with Crippen LogP contribution in [0.25, 0.3) is 0 Å². The van der Waals surface area contributed by atoms with Crippen molar-refractivity contribution in [2.45, 2.75) is 32.7 Å². The zero-order chi connectivity index (χ0) is 14.8. The van der Waals surface area contributed by atoms with E-state index in [-0.39, 0.29) is 5.91 Å². The van der Waals surface area contributed by atoms with Crippen molar-refractivity contribution in [3.05, 3.63) is 52.3 Å². The summed E-state index contributed by atoms with van der Waals surface area (Å²) in [6.45, 7) is 6.16. The maximum absolute atomic E-state index is 12.4. The highest BCUT2D eigenvalue weighted by Gasteiger charge is 2.29. The average Bonchev–Trinajstić information content (AvgIpc) is 2.81. The molecule has 0 unspecified atom stereocenters. The molecule has 0 bridgehead atoms. The van der Waals surface area contributed by atoms with E-state index in [0.717, 1.165) is 16.8 Å². The van der Waals surface area contributed by atoms with Crippen molar-refractivity contribution in [3.63, 3.8) is 0 Å². The number of aromatic nitrogens is 2. The van der Waals surface area contributed by atoms with E-state index in [1.807, 2.05) is 39.0 Å². The number of halogens is 1. The molecular weight excluding hydrogens is 274 g/mol. The minimum absolute atomic E-state index is 0.0413. The summed E-state index contributed by atoms with van der Waals surface area (Å²) in [4.78, 5) is 12.4. The van der Waals surface area contributed by atoms with Gasteiger partial charge in [-0.25, -0.2) is 0 Å². The number of carbonyl (C=O) groups excluding carboxylic acids is 1. The number of aryl methyl sites for hydroxylation is 1. The molecule has 0 spiro atoms. The molecule has 0 aliphatic carbocycles. The van der Waals surface area contributed by atoms with Crippen LogP contribution in [0.5, 0.6) is 0 Å². The molecule has 5 heteroatoms. The van der Waals surface area contributed by atoms with Crippen molar-refractivity contribution in [1.82, 2.24) is 15.5 Å². The van der Waals surface area contributed by atoms with Gasteiger partial charge in [-0.15, -0.1) is 0 Å². The zero-order valence-corrected chi connectivity index (χ0v) is 12.6. The van der Waals surface area contributed by atoms with E-state index < -0.39 is 5.41 Å². The Hall–Kier alpha value is -1.81. The van der Waals surface area contributed by atoms with Crippen LogP contribution in [-0.2, 0) is 16.8 Å². The Bertz CT molecular complexity index is 619. The van der Waals surface area contributed by atoms with Crippen LogP contribution in [0, 0.1) is 6.92 Å². The normalized spacial score (nSPS) is 11.4. The molecule has 0 saturated heterocycles.